The predicted molar refractivity (Wildman–Crippen MR) is 125 cm³/mol. The molecule has 1 spiro atoms. The van der Waals surface area contributed by atoms with Crippen LogP contribution in [0.5, 0.6) is 5.75 Å². The van der Waals surface area contributed by atoms with Crippen molar-refractivity contribution in [3.05, 3.63) is 77.9 Å². The Morgan fingerprint density at radius 2 is 1.97 bits per heavy atom. The summed E-state index contributed by atoms with van der Waals surface area (Å²) in [5.74, 6) is -0.480. The zero-order valence-electron chi connectivity index (χ0n) is 19.5. The summed E-state index contributed by atoms with van der Waals surface area (Å²) in [6.45, 7) is 5.05. The molecule has 184 valence electrons. The van der Waals surface area contributed by atoms with Crippen molar-refractivity contribution >= 4 is 5.57 Å². The van der Waals surface area contributed by atoms with Crippen LogP contribution < -0.4 is 10.1 Å². The van der Waals surface area contributed by atoms with Crippen molar-refractivity contribution in [1.82, 2.24) is 20.1 Å². The first kappa shape index (κ1) is 23.6. The van der Waals surface area contributed by atoms with Crippen LogP contribution in [0.15, 0.2) is 60.9 Å². The number of aromatic nitrogens is 3. The molecule has 2 aromatic carbocycles. The number of hydrogen-bond acceptors (Lipinski definition) is 5. The number of nitrogens with one attached hydrogen (secondary N) is 1. The van der Waals surface area contributed by atoms with Gasteiger partial charge in [-0.2, -0.15) is 13.2 Å². The van der Waals surface area contributed by atoms with Gasteiger partial charge in [0, 0.05) is 11.3 Å². The van der Waals surface area contributed by atoms with Crippen molar-refractivity contribution in [2.45, 2.75) is 50.6 Å². The molecule has 2 atom stereocenters. The number of rotatable bonds is 5. The molecule has 2 aliphatic rings. The summed E-state index contributed by atoms with van der Waals surface area (Å²) in [5, 5.41) is 10.4. The van der Waals surface area contributed by atoms with Crippen LogP contribution in [0.3, 0.4) is 0 Å². The minimum atomic E-state index is -4.62. The topological polar surface area (TPSA) is 61.2 Å². The number of benzene rings is 2. The molecule has 2 aliphatic heterocycles. The summed E-state index contributed by atoms with van der Waals surface area (Å²) in [6, 6.07) is 15.1. The van der Waals surface area contributed by atoms with Gasteiger partial charge in [0.15, 0.2) is 0 Å². The van der Waals surface area contributed by atoms with Gasteiger partial charge in [0.05, 0.1) is 18.8 Å². The first-order valence-corrected chi connectivity index (χ1v) is 11.7. The average Bonchev–Trinajstić information content (AvgIpc) is 3.48. The lowest BCUT2D eigenvalue weighted by atomic mass is 9.81. The van der Waals surface area contributed by atoms with E-state index < -0.39 is 17.6 Å². The Hall–Kier alpha value is -3.17. The Labute approximate surface area is 201 Å². The molecular formula is C26H27F3N4O2. The second kappa shape index (κ2) is 9.13. The SMILES string of the molecule is CC(C)Oc1ccc(-n2cnnc2C(F)(F)F)cc1C1=C[C@@]2(CCCN[C@H]2c2ccccc2)OC1. The molecule has 0 unspecified atom stereocenters. The lowest BCUT2D eigenvalue weighted by molar-refractivity contribution is -0.146. The smallest absolute Gasteiger partial charge is 0.452 e. The molecule has 3 heterocycles. The maximum atomic E-state index is 13.5. The number of piperidine rings is 1. The second-order valence-corrected chi connectivity index (χ2v) is 9.18. The van der Waals surface area contributed by atoms with Crippen LogP contribution in [0.2, 0.25) is 0 Å². The molecule has 0 aliphatic carbocycles. The number of hydrogen-bond donors (Lipinski definition) is 1. The molecule has 0 amide bonds. The molecule has 0 radical (unpaired) electrons. The van der Waals surface area contributed by atoms with E-state index in [0.29, 0.717) is 23.6 Å². The first-order chi connectivity index (χ1) is 16.8. The molecule has 3 aromatic rings. The Morgan fingerprint density at radius 3 is 2.71 bits per heavy atom. The van der Waals surface area contributed by atoms with E-state index in [4.69, 9.17) is 9.47 Å². The van der Waals surface area contributed by atoms with Crippen molar-refractivity contribution in [3.8, 4) is 11.4 Å². The molecule has 35 heavy (non-hydrogen) atoms. The van der Waals surface area contributed by atoms with Crippen molar-refractivity contribution in [2.24, 2.45) is 0 Å². The standard InChI is InChI=1S/C26H27F3N4O2/c1-17(2)35-22-10-9-20(33-16-31-32-24(33)26(27,28)29)13-21(22)19-14-25(34-15-19)11-6-12-30-23(25)18-7-4-3-5-8-18/h3-5,7-10,13-14,16-17,23,30H,6,11-12,15H2,1-2H3/t23-,25+/m0/s1. The molecule has 1 fully saturated rings. The lowest BCUT2D eigenvalue weighted by Gasteiger charge is -2.40. The molecule has 0 saturated carbocycles. The van der Waals surface area contributed by atoms with Crippen molar-refractivity contribution in [1.29, 1.82) is 0 Å². The van der Waals surface area contributed by atoms with Crippen molar-refractivity contribution < 1.29 is 22.6 Å². The van der Waals surface area contributed by atoms with Crippen LogP contribution in [0.1, 0.15) is 49.7 Å². The minimum Gasteiger partial charge on any atom is -0.490 e. The van der Waals surface area contributed by atoms with E-state index in [1.54, 1.807) is 18.2 Å². The molecule has 0 bridgehead atoms. The van der Waals surface area contributed by atoms with Crippen LogP contribution in [0.25, 0.3) is 11.3 Å². The second-order valence-electron chi connectivity index (χ2n) is 9.18. The van der Waals surface area contributed by atoms with Gasteiger partial charge in [0.25, 0.3) is 0 Å². The van der Waals surface area contributed by atoms with Gasteiger partial charge in [-0.3, -0.25) is 4.57 Å². The highest BCUT2D eigenvalue weighted by molar-refractivity contribution is 5.75. The molecule has 9 heteroatoms. The monoisotopic (exact) mass is 484 g/mol. The van der Waals surface area contributed by atoms with Crippen LogP contribution in [-0.2, 0) is 10.9 Å². The third kappa shape index (κ3) is 4.58. The van der Waals surface area contributed by atoms with E-state index >= 15 is 0 Å². The van der Waals surface area contributed by atoms with E-state index in [9.17, 15) is 13.2 Å². The van der Waals surface area contributed by atoms with E-state index in [1.807, 2.05) is 32.0 Å². The quantitative estimate of drug-likeness (QED) is 0.529. The zero-order chi connectivity index (χ0) is 24.6. The predicted octanol–water partition coefficient (Wildman–Crippen LogP) is 5.35. The fourth-order valence-electron chi connectivity index (χ4n) is 4.92. The Balaban J connectivity index is 1.58. The fraction of sp³-hybridized carbons (Fsp3) is 0.385. The molecule has 1 N–H and O–H groups in total. The lowest BCUT2D eigenvalue weighted by Crippen LogP contribution is -2.47. The largest absolute Gasteiger partial charge is 0.490 e. The summed E-state index contributed by atoms with van der Waals surface area (Å²) >= 11 is 0. The van der Waals surface area contributed by atoms with E-state index in [2.05, 4.69) is 33.7 Å². The van der Waals surface area contributed by atoms with Crippen molar-refractivity contribution in [2.75, 3.05) is 13.2 Å². The van der Waals surface area contributed by atoms with E-state index in [-0.39, 0.29) is 12.1 Å². The van der Waals surface area contributed by atoms with Crippen LogP contribution in [0, 0.1) is 0 Å². The summed E-state index contributed by atoms with van der Waals surface area (Å²) in [5.41, 5.74) is 2.47. The number of nitrogens with zero attached hydrogens (tertiary/aromatic N) is 3. The molecule has 1 aromatic heterocycles. The van der Waals surface area contributed by atoms with Crippen LogP contribution >= 0.6 is 0 Å². The van der Waals surface area contributed by atoms with Gasteiger partial charge in [-0.15, -0.1) is 10.2 Å². The minimum absolute atomic E-state index is 0.0257. The van der Waals surface area contributed by atoms with Crippen LogP contribution in [0.4, 0.5) is 13.2 Å². The zero-order valence-corrected chi connectivity index (χ0v) is 19.5. The Kier molecular flexibility index (Phi) is 6.14. The molecular weight excluding hydrogens is 457 g/mol. The van der Waals surface area contributed by atoms with Gasteiger partial charge in [-0.1, -0.05) is 30.3 Å². The highest BCUT2D eigenvalue weighted by Gasteiger charge is 2.45. The number of ether oxygens (including phenoxy) is 2. The summed E-state index contributed by atoms with van der Waals surface area (Å²) in [4.78, 5) is 0. The van der Waals surface area contributed by atoms with Crippen molar-refractivity contribution in [3.63, 3.8) is 0 Å². The van der Waals surface area contributed by atoms with E-state index in [0.717, 1.165) is 41.4 Å². The van der Waals surface area contributed by atoms with Gasteiger partial charge in [0.2, 0.25) is 5.82 Å². The number of halogens is 3. The van der Waals surface area contributed by atoms with Crippen LogP contribution in [-0.4, -0.2) is 39.6 Å². The highest BCUT2D eigenvalue weighted by atomic mass is 19.4. The summed E-state index contributed by atoms with van der Waals surface area (Å²) < 4.78 is 53.9. The number of alkyl halides is 3. The maximum Gasteiger partial charge on any atom is 0.452 e. The normalized spacial score (nSPS) is 22.6. The molecule has 1 saturated heterocycles. The average molecular weight is 485 g/mol. The molecule has 5 rings (SSSR count). The summed E-state index contributed by atoms with van der Waals surface area (Å²) in [6.07, 6.45) is 0.263. The first-order valence-electron chi connectivity index (χ1n) is 11.7. The fourth-order valence-corrected chi connectivity index (χ4v) is 4.92. The van der Waals surface area contributed by atoms with Gasteiger partial charge in [-0.05, 0) is 68.6 Å². The van der Waals surface area contributed by atoms with Gasteiger partial charge >= 0.3 is 6.18 Å². The Bertz CT molecular complexity index is 1220. The van der Waals surface area contributed by atoms with Gasteiger partial charge < -0.3 is 14.8 Å². The third-order valence-corrected chi connectivity index (χ3v) is 6.38. The van der Waals surface area contributed by atoms with E-state index in [1.165, 1.54) is 0 Å². The summed E-state index contributed by atoms with van der Waals surface area (Å²) in [7, 11) is 0. The molecule has 6 nitrogen and oxygen atoms in total. The van der Waals surface area contributed by atoms with Gasteiger partial charge in [0.1, 0.15) is 17.7 Å². The Morgan fingerprint density at radius 1 is 1.17 bits per heavy atom. The van der Waals surface area contributed by atoms with Gasteiger partial charge in [-0.25, -0.2) is 0 Å². The third-order valence-electron chi connectivity index (χ3n) is 6.38. The maximum absolute atomic E-state index is 13.5. The highest BCUT2D eigenvalue weighted by Crippen LogP contribution is 2.45.